The monoisotopic (exact) mass is 485 g/mol. The number of ether oxygens (including phenoxy) is 1. The maximum atomic E-state index is 13.5. The van der Waals surface area contributed by atoms with Gasteiger partial charge in [0, 0.05) is 17.5 Å². The molecule has 0 radical (unpaired) electrons. The molecule has 2 atom stereocenters. The summed E-state index contributed by atoms with van der Waals surface area (Å²) in [5, 5.41) is 31.8. The molecule has 8 nitrogen and oxygen atoms in total. The van der Waals surface area contributed by atoms with Crippen LogP contribution in [0.3, 0.4) is 0 Å². The van der Waals surface area contributed by atoms with Crippen molar-refractivity contribution in [2.75, 3.05) is 11.6 Å². The summed E-state index contributed by atoms with van der Waals surface area (Å²) >= 11 is 7.50. The standard InChI is InChI=1S/C23H20ClN3O5S/c1-2-32-22(29)23(21(28)17-6-3-4-7-19(17)27(30)31)14-18(20-8-5-13-33-20)25-26(23)16-11-9-15(24)10-12-16/h3-13,21,28H,2,14H2,1H3/t21-,23+/m1/s1. The van der Waals surface area contributed by atoms with E-state index in [1.807, 2.05) is 17.5 Å². The Balaban J connectivity index is 1.93. The van der Waals surface area contributed by atoms with Crippen molar-refractivity contribution in [1.82, 2.24) is 0 Å². The summed E-state index contributed by atoms with van der Waals surface area (Å²) in [5.74, 6) is -0.735. The minimum Gasteiger partial charge on any atom is -0.464 e. The highest BCUT2D eigenvalue weighted by atomic mass is 35.5. The number of nitro benzene ring substituents is 1. The van der Waals surface area contributed by atoms with Crippen molar-refractivity contribution in [3.05, 3.63) is 91.6 Å². The molecule has 0 saturated carbocycles. The minimum atomic E-state index is -1.77. The Bertz CT molecular complexity index is 1200. The van der Waals surface area contributed by atoms with E-state index >= 15 is 0 Å². The fourth-order valence-electron chi connectivity index (χ4n) is 3.91. The SMILES string of the molecule is CCOC(=O)[C@@]1([C@H](O)c2ccccc2[N+](=O)[O-])CC(c2cccs2)=NN1c1ccc(Cl)cc1. The average Bonchev–Trinajstić information content (AvgIpc) is 3.48. The van der Waals surface area contributed by atoms with Gasteiger partial charge in [0.2, 0.25) is 0 Å². The Morgan fingerprint density at radius 2 is 2.00 bits per heavy atom. The summed E-state index contributed by atoms with van der Waals surface area (Å²) in [6, 6.07) is 16.2. The first-order valence-corrected chi connectivity index (χ1v) is 11.4. The van der Waals surface area contributed by atoms with Gasteiger partial charge in [0.05, 0.1) is 33.4 Å². The molecule has 0 spiro atoms. The Kier molecular flexibility index (Phi) is 6.46. The Morgan fingerprint density at radius 3 is 2.64 bits per heavy atom. The lowest BCUT2D eigenvalue weighted by Gasteiger charge is -2.38. The van der Waals surface area contributed by atoms with Crippen molar-refractivity contribution >= 4 is 46.0 Å². The molecule has 170 valence electrons. The van der Waals surface area contributed by atoms with E-state index in [4.69, 9.17) is 21.4 Å². The van der Waals surface area contributed by atoms with Gasteiger partial charge in [-0.05, 0) is 48.7 Å². The van der Waals surface area contributed by atoms with Crippen molar-refractivity contribution in [3.8, 4) is 0 Å². The molecule has 0 aliphatic carbocycles. The number of hydrogen-bond donors (Lipinski definition) is 1. The number of halogens is 1. The van der Waals surface area contributed by atoms with Crippen LogP contribution < -0.4 is 5.01 Å². The lowest BCUT2D eigenvalue weighted by Crippen LogP contribution is -2.55. The zero-order chi connectivity index (χ0) is 23.6. The second-order valence-corrected chi connectivity index (χ2v) is 8.74. The van der Waals surface area contributed by atoms with E-state index in [9.17, 15) is 20.0 Å². The number of esters is 1. The van der Waals surface area contributed by atoms with Crippen LogP contribution in [0.25, 0.3) is 0 Å². The normalized spacial score (nSPS) is 18.6. The fourth-order valence-corrected chi connectivity index (χ4v) is 4.74. The number of anilines is 1. The summed E-state index contributed by atoms with van der Waals surface area (Å²) in [6.45, 7) is 1.72. The Hall–Kier alpha value is -3.27. The van der Waals surface area contributed by atoms with E-state index in [2.05, 4.69) is 0 Å². The number of aliphatic hydroxyl groups excluding tert-OH is 1. The second kappa shape index (κ2) is 9.30. The molecule has 10 heteroatoms. The zero-order valence-electron chi connectivity index (χ0n) is 17.6. The molecule has 0 fully saturated rings. The molecule has 0 unspecified atom stereocenters. The number of thiophene rings is 1. The number of rotatable bonds is 7. The second-order valence-electron chi connectivity index (χ2n) is 7.35. The van der Waals surface area contributed by atoms with Crippen LogP contribution in [0, 0.1) is 10.1 Å². The number of benzene rings is 2. The zero-order valence-corrected chi connectivity index (χ0v) is 19.1. The topological polar surface area (TPSA) is 105 Å². The van der Waals surface area contributed by atoms with Gasteiger partial charge in [0.15, 0.2) is 5.54 Å². The number of carbonyl (C=O) groups excluding carboxylic acids is 1. The number of aliphatic hydroxyl groups is 1. The van der Waals surface area contributed by atoms with Crippen LogP contribution in [0.2, 0.25) is 5.02 Å². The van der Waals surface area contributed by atoms with E-state index in [0.717, 1.165) is 4.88 Å². The third-order valence-electron chi connectivity index (χ3n) is 5.42. The highest BCUT2D eigenvalue weighted by Crippen LogP contribution is 2.46. The molecule has 33 heavy (non-hydrogen) atoms. The summed E-state index contributed by atoms with van der Waals surface area (Å²) in [4.78, 5) is 25.5. The smallest absolute Gasteiger partial charge is 0.337 e. The quantitative estimate of drug-likeness (QED) is 0.288. The first-order valence-electron chi connectivity index (χ1n) is 10.1. The summed E-state index contributed by atoms with van der Waals surface area (Å²) in [5.41, 5.74) is -1.02. The number of hydrazone groups is 1. The van der Waals surface area contributed by atoms with Crippen LogP contribution in [0.5, 0.6) is 0 Å². The van der Waals surface area contributed by atoms with Crippen LogP contribution in [0.1, 0.15) is 29.9 Å². The molecule has 1 N–H and O–H groups in total. The average molecular weight is 486 g/mol. The molecular formula is C23H20ClN3O5S. The van der Waals surface area contributed by atoms with Crippen LogP contribution >= 0.6 is 22.9 Å². The van der Waals surface area contributed by atoms with E-state index in [1.165, 1.54) is 34.5 Å². The summed E-state index contributed by atoms with van der Waals surface area (Å²) < 4.78 is 5.41. The highest BCUT2D eigenvalue weighted by molar-refractivity contribution is 7.12. The fraction of sp³-hybridized carbons (Fsp3) is 0.217. The summed E-state index contributed by atoms with van der Waals surface area (Å²) in [7, 11) is 0. The largest absolute Gasteiger partial charge is 0.464 e. The van der Waals surface area contributed by atoms with Gasteiger partial charge in [-0.25, -0.2) is 9.80 Å². The number of hydrogen-bond acceptors (Lipinski definition) is 8. The third kappa shape index (κ3) is 4.10. The number of nitro groups is 1. The lowest BCUT2D eigenvalue weighted by molar-refractivity contribution is -0.386. The van der Waals surface area contributed by atoms with E-state index in [0.29, 0.717) is 16.4 Å². The third-order valence-corrected chi connectivity index (χ3v) is 6.59. The van der Waals surface area contributed by atoms with Crippen molar-refractivity contribution in [2.45, 2.75) is 25.0 Å². The van der Waals surface area contributed by atoms with Crippen LogP contribution in [-0.2, 0) is 9.53 Å². The molecule has 4 rings (SSSR count). The van der Waals surface area contributed by atoms with Gasteiger partial charge in [-0.1, -0.05) is 29.8 Å². The van der Waals surface area contributed by atoms with Crippen LogP contribution in [0.15, 0.2) is 71.1 Å². The number of nitrogens with zero attached hydrogens (tertiary/aromatic N) is 3. The minimum absolute atomic E-state index is 0.00264. The van der Waals surface area contributed by atoms with Gasteiger partial charge in [0.25, 0.3) is 5.69 Å². The number of carbonyl (C=O) groups is 1. The molecule has 0 saturated heterocycles. The maximum Gasteiger partial charge on any atom is 0.337 e. The van der Waals surface area contributed by atoms with Crippen molar-refractivity contribution in [1.29, 1.82) is 0 Å². The predicted octanol–water partition coefficient (Wildman–Crippen LogP) is 4.96. The molecule has 2 heterocycles. The van der Waals surface area contributed by atoms with Gasteiger partial charge in [-0.2, -0.15) is 5.10 Å². The van der Waals surface area contributed by atoms with Crippen molar-refractivity contribution in [2.24, 2.45) is 5.10 Å². The van der Waals surface area contributed by atoms with Gasteiger partial charge >= 0.3 is 5.97 Å². The molecule has 1 aliphatic rings. The van der Waals surface area contributed by atoms with Crippen LogP contribution in [0.4, 0.5) is 11.4 Å². The molecule has 1 aromatic heterocycles. The van der Waals surface area contributed by atoms with Gasteiger partial charge < -0.3 is 9.84 Å². The van der Waals surface area contributed by atoms with E-state index in [1.54, 1.807) is 37.3 Å². The maximum absolute atomic E-state index is 13.5. The van der Waals surface area contributed by atoms with Crippen LogP contribution in [-0.4, -0.2) is 33.9 Å². The molecule has 0 amide bonds. The molecule has 2 aromatic carbocycles. The van der Waals surface area contributed by atoms with Gasteiger partial charge in [-0.3, -0.25) is 10.1 Å². The van der Waals surface area contributed by atoms with Crippen molar-refractivity contribution < 1.29 is 19.6 Å². The Morgan fingerprint density at radius 1 is 1.27 bits per heavy atom. The molecular weight excluding hydrogens is 466 g/mol. The highest BCUT2D eigenvalue weighted by Gasteiger charge is 2.58. The molecule has 0 bridgehead atoms. The molecule has 3 aromatic rings. The Labute approximate surface area is 198 Å². The van der Waals surface area contributed by atoms with E-state index < -0.39 is 22.5 Å². The first kappa shape index (κ1) is 22.9. The first-order chi connectivity index (χ1) is 15.9. The van der Waals surface area contributed by atoms with E-state index in [-0.39, 0.29) is 24.3 Å². The summed E-state index contributed by atoms with van der Waals surface area (Å²) in [6.07, 6.45) is -1.63. The predicted molar refractivity (Wildman–Crippen MR) is 127 cm³/mol. The molecule has 1 aliphatic heterocycles. The van der Waals surface area contributed by atoms with Gasteiger partial charge in [0.1, 0.15) is 6.10 Å². The van der Waals surface area contributed by atoms with Gasteiger partial charge in [-0.15, -0.1) is 11.3 Å². The number of para-hydroxylation sites is 1. The lowest BCUT2D eigenvalue weighted by atomic mass is 9.82. The van der Waals surface area contributed by atoms with Crippen molar-refractivity contribution in [3.63, 3.8) is 0 Å².